The molecule has 19 heavy (non-hydrogen) atoms. The van der Waals surface area contributed by atoms with Gasteiger partial charge in [0.15, 0.2) is 0 Å². The van der Waals surface area contributed by atoms with Crippen molar-refractivity contribution < 1.29 is 8.78 Å². The molecule has 0 bridgehead atoms. The second kappa shape index (κ2) is 7.33. The highest BCUT2D eigenvalue weighted by molar-refractivity contribution is 9.10. The lowest BCUT2D eigenvalue weighted by Gasteiger charge is -2.07. The van der Waals surface area contributed by atoms with Crippen molar-refractivity contribution in [1.29, 1.82) is 0 Å². The fourth-order valence-corrected chi connectivity index (χ4v) is 1.86. The lowest BCUT2D eigenvalue weighted by Crippen LogP contribution is -2.13. The van der Waals surface area contributed by atoms with Crippen LogP contribution >= 0.6 is 15.9 Å². The lowest BCUT2D eigenvalue weighted by molar-refractivity contribution is 0.152. The summed E-state index contributed by atoms with van der Waals surface area (Å²) in [6, 6.07) is 1.55. The largest absolute Gasteiger partial charge is 0.320 e. The Bertz CT molecular complexity index is 611. The van der Waals surface area contributed by atoms with Crippen LogP contribution < -0.4 is 5.56 Å². The van der Waals surface area contributed by atoms with Gasteiger partial charge in [-0.2, -0.15) is 0 Å². The van der Waals surface area contributed by atoms with E-state index >= 15 is 0 Å². The van der Waals surface area contributed by atoms with Crippen LogP contribution in [0.3, 0.4) is 0 Å². The number of nitrogens with zero attached hydrogens (tertiary/aromatic N) is 1. The van der Waals surface area contributed by atoms with Crippen molar-refractivity contribution >= 4 is 27.0 Å². The number of alkyl halides is 2. The molecule has 2 aromatic heterocycles. The third kappa shape index (κ3) is 3.59. The molecule has 0 fully saturated rings. The Morgan fingerprint density at radius 2 is 1.95 bits per heavy atom. The van der Waals surface area contributed by atoms with Crippen LogP contribution in [0.4, 0.5) is 8.78 Å². The fraction of sp³-hybridized carbons (Fsp3) is 0.385. The first-order valence-corrected chi connectivity index (χ1v) is 6.26. The zero-order valence-electron chi connectivity index (χ0n) is 10.2. The van der Waals surface area contributed by atoms with Gasteiger partial charge < -0.3 is 4.98 Å². The van der Waals surface area contributed by atoms with E-state index in [1.165, 1.54) is 13.1 Å². The molecule has 0 atom stereocenters. The number of fused-ring (bicyclic) bond motifs is 1. The minimum atomic E-state index is -2.71. The molecule has 0 radical (unpaired) electrons. The Labute approximate surface area is 119 Å². The molecular weight excluding hydrogens is 318 g/mol. The first-order chi connectivity index (χ1) is 8.50. The van der Waals surface area contributed by atoms with Gasteiger partial charge in [0.05, 0.1) is 16.6 Å². The SMILES string of the molecule is C.CC.Cc1c(C(F)F)c2ncc(Br)cc2[nH]c1=O. The Kier molecular flexibility index (Phi) is 6.83. The first kappa shape index (κ1) is 17.7. The number of hydrogen-bond acceptors (Lipinski definition) is 2. The van der Waals surface area contributed by atoms with E-state index < -0.39 is 12.0 Å². The molecule has 2 rings (SSSR count). The average molecular weight is 335 g/mol. The highest BCUT2D eigenvalue weighted by Gasteiger charge is 2.18. The van der Waals surface area contributed by atoms with Crippen molar-refractivity contribution in [3.8, 4) is 0 Å². The van der Waals surface area contributed by atoms with E-state index in [-0.39, 0.29) is 24.1 Å². The van der Waals surface area contributed by atoms with Gasteiger partial charge in [-0.1, -0.05) is 21.3 Å². The summed E-state index contributed by atoms with van der Waals surface area (Å²) in [5, 5.41) is 0. The molecule has 2 heterocycles. The van der Waals surface area contributed by atoms with Gasteiger partial charge in [-0.25, -0.2) is 8.78 Å². The minimum Gasteiger partial charge on any atom is -0.320 e. The normalized spacial score (nSPS) is 9.84. The number of H-pyrrole nitrogens is 1. The fourth-order valence-electron chi connectivity index (χ4n) is 1.53. The summed E-state index contributed by atoms with van der Waals surface area (Å²) in [7, 11) is 0. The third-order valence-electron chi connectivity index (χ3n) is 2.32. The van der Waals surface area contributed by atoms with Crippen LogP contribution in [0, 0.1) is 6.92 Å². The van der Waals surface area contributed by atoms with Crippen LogP contribution in [0.5, 0.6) is 0 Å². The van der Waals surface area contributed by atoms with Crippen LogP contribution in [0.25, 0.3) is 11.0 Å². The summed E-state index contributed by atoms with van der Waals surface area (Å²) < 4.78 is 26.3. The monoisotopic (exact) mass is 334 g/mol. The summed E-state index contributed by atoms with van der Waals surface area (Å²) in [6.45, 7) is 5.36. The van der Waals surface area contributed by atoms with Gasteiger partial charge in [0.25, 0.3) is 12.0 Å². The van der Waals surface area contributed by atoms with Crippen LogP contribution in [0.1, 0.15) is 38.8 Å². The topological polar surface area (TPSA) is 45.8 Å². The highest BCUT2D eigenvalue weighted by Crippen LogP contribution is 2.27. The van der Waals surface area contributed by atoms with Gasteiger partial charge in [0.2, 0.25) is 0 Å². The van der Waals surface area contributed by atoms with Crippen LogP contribution in [0.15, 0.2) is 21.5 Å². The number of rotatable bonds is 1. The van der Waals surface area contributed by atoms with Crippen molar-refractivity contribution in [2.24, 2.45) is 0 Å². The van der Waals surface area contributed by atoms with Crippen molar-refractivity contribution in [1.82, 2.24) is 9.97 Å². The maximum Gasteiger partial charge on any atom is 0.266 e. The molecule has 6 heteroatoms. The molecule has 0 saturated heterocycles. The van der Waals surface area contributed by atoms with Crippen LogP contribution in [-0.4, -0.2) is 9.97 Å². The summed E-state index contributed by atoms with van der Waals surface area (Å²) in [5.74, 6) is 0. The Morgan fingerprint density at radius 1 is 1.37 bits per heavy atom. The number of aromatic amines is 1. The van der Waals surface area contributed by atoms with Crippen molar-refractivity contribution in [2.75, 3.05) is 0 Å². The summed E-state index contributed by atoms with van der Waals surface area (Å²) in [6.07, 6.45) is -1.29. The van der Waals surface area contributed by atoms with Gasteiger partial charge in [-0.3, -0.25) is 9.78 Å². The average Bonchev–Trinajstić information content (AvgIpc) is 2.33. The predicted octanol–water partition coefficient (Wildman–Crippen LogP) is 4.59. The standard InChI is InChI=1S/C10H7BrF2N2O.C2H6.CH4/c1-4-7(9(12)13)8-6(15-10(4)16)2-5(11)3-14-8;1-2;/h2-3,9H,1H3,(H,15,16);1-2H3;1H4. The molecule has 0 aliphatic carbocycles. The molecule has 2 aromatic rings. The third-order valence-corrected chi connectivity index (χ3v) is 2.75. The summed E-state index contributed by atoms with van der Waals surface area (Å²) >= 11 is 3.17. The first-order valence-electron chi connectivity index (χ1n) is 5.47. The molecule has 1 N–H and O–H groups in total. The minimum absolute atomic E-state index is 0. The molecule has 0 unspecified atom stereocenters. The number of nitrogens with one attached hydrogen (secondary N) is 1. The maximum atomic E-state index is 12.8. The van der Waals surface area contributed by atoms with E-state index in [9.17, 15) is 13.6 Å². The van der Waals surface area contributed by atoms with Gasteiger partial charge in [0, 0.05) is 16.2 Å². The number of aromatic nitrogens is 2. The number of hydrogen-bond donors (Lipinski definition) is 1. The molecule has 0 aliphatic rings. The van der Waals surface area contributed by atoms with E-state index in [4.69, 9.17) is 0 Å². The Morgan fingerprint density at radius 3 is 2.47 bits per heavy atom. The molecule has 0 aliphatic heterocycles. The van der Waals surface area contributed by atoms with Crippen LogP contribution in [0.2, 0.25) is 0 Å². The molecule has 3 nitrogen and oxygen atoms in total. The lowest BCUT2D eigenvalue weighted by atomic mass is 10.1. The predicted molar refractivity (Wildman–Crippen MR) is 77.8 cm³/mol. The second-order valence-electron chi connectivity index (χ2n) is 3.34. The molecule has 0 saturated carbocycles. The van der Waals surface area contributed by atoms with E-state index in [1.54, 1.807) is 6.07 Å². The van der Waals surface area contributed by atoms with Crippen molar-refractivity contribution in [3.63, 3.8) is 0 Å². The van der Waals surface area contributed by atoms with Gasteiger partial charge in [0.1, 0.15) is 0 Å². The molecular formula is C13H17BrF2N2O. The quantitative estimate of drug-likeness (QED) is 0.828. The van der Waals surface area contributed by atoms with E-state index in [0.29, 0.717) is 9.99 Å². The Hall–Kier alpha value is -1.30. The van der Waals surface area contributed by atoms with E-state index in [0.717, 1.165) is 0 Å². The molecule has 0 aromatic carbocycles. The zero-order valence-corrected chi connectivity index (χ0v) is 11.8. The van der Waals surface area contributed by atoms with Crippen molar-refractivity contribution in [3.05, 3.63) is 38.2 Å². The Balaban J connectivity index is 0.00000103. The summed E-state index contributed by atoms with van der Waals surface area (Å²) in [4.78, 5) is 17.9. The molecule has 106 valence electrons. The van der Waals surface area contributed by atoms with Gasteiger partial charge >= 0.3 is 0 Å². The number of halogens is 3. The van der Waals surface area contributed by atoms with E-state index in [1.807, 2.05) is 13.8 Å². The highest BCUT2D eigenvalue weighted by atomic mass is 79.9. The molecule has 0 spiro atoms. The smallest absolute Gasteiger partial charge is 0.266 e. The van der Waals surface area contributed by atoms with Crippen LogP contribution in [-0.2, 0) is 0 Å². The van der Waals surface area contributed by atoms with E-state index in [2.05, 4.69) is 25.9 Å². The summed E-state index contributed by atoms with van der Waals surface area (Å²) in [5.41, 5.74) is -0.359. The number of pyridine rings is 2. The van der Waals surface area contributed by atoms with Crippen molar-refractivity contribution in [2.45, 2.75) is 34.6 Å². The molecule has 0 amide bonds. The second-order valence-corrected chi connectivity index (χ2v) is 4.26. The maximum absolute atomic E-state index is 12.8. The zero-order chi connectivity index (χ0) is 13.9. The van der Waals surface area contributed by atoms with Gasteiger partial charge in [-0.05, 0) is 28.9 Å². The van der Waals surface area contributed by atoms with Gasteiger partial charge in [-0.15, -0.1) is 0 Å².